The molecule has 16 heavy (non-hydrogen) atoms. The highest BCUT2D eigenvalue weighted by Crippen LogP contribution is 2.30. The Labute approximate surface area is 103 Å². The molecule has 1 unspecified atom stereocenters. The summed E-state index contributed by atoms with van der Waals surface area (Å²) >= 11 is 3.32. The highest BCUT2D eigenvalue weighted by Gasteiger charge is 2.38. The third-order valence-corrected chi connectivity index (χ3v) is 3.65. The molecule has 0 saturated carbocycles. The minimum absolute atomic E-state index is 0.0331. The van der Waals surface area contributed by atoms with Crippen LogP contribution in [0.25, 0.3) is 0 Å². The van der Waals surface area contributed by atoms with E-state index in [1.807, 2.05) is 6.92 Å². The van der Waals surface area contributed by atoms with Gasteiger partial charge in [-0.15, -0.1) is 0 Å². The maximum Gasteiger partial charge on any atom is 0.194 e. The Balaban J connectivity index is 2.30. The SMILES string of the molecule is CC1(C(=O)c2ccc(N)c(Br)c2)CCCO1. The summed E-state index contributed by atoms with van der Waals surface area (Å²) in [6.45, 7) is 2.52. The molecule has 2 N–H and O–H groups in total. The van der Waals surface area contributed by atoms with Gasteiger partial charge in [0.05, 0.1) is 0 Å². The van der Waals surface area contributed by atoms with Crippen LogP contribution in [0.4, 0.5) is 5.69 Å². The van der Waals surface area contributed by atoms with E-state index >= 15 is 0 Å². The van der Waals surface area contributed by atoms with Crippen LogP contribution in [0.1, 0.15) is 30.1 Å². The summed E-state index contributed by atoms with van der Waals surface area (Å²) in [5, 5.41) is 0. The lowest BCUT2D eigenvalue weighted by Crippen LogP contribution is -2.34. The number of ether oxygens (including phenoxy) is 1. The van der Waals surface area contributed by atoms with Crippen LogP contribution in [0.3, 0.4) is 0 Å². The van der Waals surface area contributed by atoms with Gasteiger partial charge < -0.3 is 10.5 Å². The van der Waals surface area contributed by atoms with E-state index in [1.54, 1.807) is 18.2 Å². The number of Topliss-reactive ketones (excluding diaryl/α,β-unsaturated/α-hetero) is 1. The van der Waals surface area contributed by atoms with Crippen molar-refractivity contribution in [2.45, 2.75) is 25.4 Å². The predicted molar refractivity (Wildman–Crippen MR) is 66.5 cm³/mol. The Hall–Kier alpha value is -0.870. The number of carbonyl (C=O) groups is 1. The molecule has 1 saturated heterocycles. The first-order valence-electron chi connectivity index (χ1n) is 5.27. The molecule has 0 aromatic heterocycles. The van der Waals surface area contributed by atoms with Gasteiger partial charge in [-0.05, 0) is 53.9 Å². The molecule has 1 heterocycles. The molecule has 1 aromatic carbocycles. The number of benzene rings is 1. The number of hydrogen-bond acceptors (Lipinski definition) is 3. The molecule has 0 aliphatic carbocycles. The summed E-state index contributed by atoms with van der Waals surface area (Å²) in [6, 6.07) is 5.23. The summed E-state index contributed by atoms with van der Waals surface area (Å²) in [6.07, 6.45) is 1.73. The molecular weight excluding hydrogens is 270 g/mol. The van der Waals surface area contributed by atoms with Crippen LogP contribution >= 0.6 is 15.9 Å². The molecule has 1 aromatic rings. The Morgan fingerprint density at radius 3 is 2.88 bits per heavy atom. The van der Waals surface area contributed by atoms with Crippen LogP contribution in [-0.2, 0) is 4.74 Å². The number of nitrogen functional groups attached to an aromatic ring is 1. The molecule has 4 heteroatoms. The van der Waals surface area contributed by atoms with Gasteiger partial charge in [0.25, 0.3) is 0 Å². The molecular formula is C12H14BrNO2. The number of anilines is 1. The van der Waals surface area contributed by atoms with Gasteiger partial charge in [-0.3, -0.25) is 4.79 Å². The Morgan fingerprint density at radius 1 is 1.56 bits per heavy atom. The molecule has 1 aliphatic heterocycles. The largest absolute Gasteiger partial charge is 0.398 e. The Kier molecular flexibility index (Phi) is 3.04. The van der Waals surface area contributed by atoms with Crippen LogP contribution in [-0.4, -0.2) is 18.0 Å². The molecule has 1 fully saturated rings. The van der Waals surface area contributed by atoms with Crippen LogP contribution < -0.4 is 5.73 Å². The Bertz CT molecular complexity index is 425. The molecule has 86 valence electrons. The first-order valence-corrected chi connectivity index (χ1v) is 6.06. The van der Waals surface area contributed by atoms with E-state index in [1.165, 1.54) is 0 Å². The summed E-state index contributed by atoms with van der Waals surface area (Å²) in [5.74, 6) is 0.0331. The smallest absolute Gasteiger partial charge is 0.194 e. The highest BCUT2D eigenvalue weighted by molar-refractivity contribution is 9.10. The number of nitrogens with two attached hydrogens (primary N) is 1. The average Bonchev–Trinajstić information content (AvgIpc) is 2.70. The molecule has 1 aliphatic rings. The van der Waals surface area contributed by atoms with Crippen molar-refractivity contribution in [2.24, 2.45) is 0 Å². The van der Waals surface area contributed by atoms with E-state index < -0.39 is 5.60 Å². The van der Waals surface area contributed by atoms with Crippen molar-refractivity contribution in [3.8, 4) is 0 Å². The van der Waals surface area contributed by atoms with Crippen molar-refractivity contribution in [1.82, 2.24) is 0 Å². The van der Waals surface area contributed by atoms with Gasteiger partial charge in [0.15, 0.2) is 5.78 Å². The fourth-order valence-corrected chi connectivity index (χ4v) is 2.31. The highest BCUT2D eigenvalue weighted by atomic mass is 79.9. The van der Waals surface area contributed by atoms with Crippen LogP contribution in [0.15, 0.2) is 22.7 Å². The Morgan fingerprint density at radius 2 is 2.31 bits per heavy atom. The van der Waals surface area contributed by atoms with Crippen molar-refractivity contribution in [3.63, 3.8) is 0 Å². The van der Waals surface area contributed by atoms with Gasteiger partial charge in [-0.25, -0.2) is 0 Å². The van der Waals surface area contributed by atoms with E-state index in [0.717, 1.165) is 17.3 Å². The molecule has 0 bridgehead atoms. The number of hydrogen-bond donors (Lipinski definition) is 1. The van der Waals surface area contributed by atoms with Crippen molar-refractivity contribution in [2.75, 3.05) is 12.3 Å². The maximum atomic E-state index is 12.2. The van der Waals surface area contributed by atoms with E-state index in [4.69, 9.17) is 10.5 Å². The lowest BCUT2D eigenvalue weighted by atomic mass is 9.92. The molecule has 2 rings (SSSR count). The van der Waals surface area contributed by atoms with Crippen LogP contribution in [0, 0.1) is 0 Å². The first-order chi connectivity index (χ1) is 7.53. The van der Waals surface area contributed by atoms with Gasteiger partial charge >= 0.3 is 0 Å². The molecule has 0 amide bonds. The monoisotopic (exact) mass is 283 g/mol. The van der Waals surface area contributed by atoms with Gasteiger partial charge in [-0.1, -0.05) is 0 Å². The fourth-order valence-electron chi connectivity index (χ4n) is 1.93. The quantitative estimate of drug-likeness (QED) is 0.671. The van der Waals surface area contributed by atoms with Crippen LogP contribution in [0.5, 0.6) is 0 Å². The predicted octanol–water partition coefficient (Wildman–Crippen LogP) is 2.78. The standard InChI is InChI=1S/C12H14BrNO2/c1-12(5-2-6-16-12)11(15)8-3-4-10(14)9(13)7-8/h3-4,7H,2,5-6,14H2,1H3. The zero-order chi connectivity index (χ0) is 11.8. The van der Waals surface area contributed by atoms with E-state index in [9.17, 15) is 4.79 Å². The summed E-state index contributed by atoms with van der Waals surface area (Å²) < 4.78 is 6.28. The third-order valence-electron chi connectivity index (χ3n) is 2.96. The van der Waals surface area contributed by atoms with E-state index in [0.29, 0.717) is 17.9 Å². The lowest BCUT2D eigenvalue weighted by molar-refractivity contribution is 0.0213. The minimum Gasteiger partial charge on any atom is -0.398 e. The summed E-state index contributed by atoms with van der Waals surface area (Å²) in [5.41, 5.74) is 6.31. The average molecular weight is 284 g/mol. The summed E-state index contributed by atoms with van der Waals surface area (Å²) in [7, 11) is 0. The normalized spacial score (nSPS) is 24.6. The molecule has 0 radical (unpaired) electrons. The van der Waals surface area contributed by atoms with Gasteiger partial charge in [0.2, 0.25) is 0 Å². The van der Waals surface area contributed by atoms with Crippen molar-refractivity contribution < 1.29 is 9.53 Å². The first kappa shape index (κ1) is 11.6. The number of halogens is 1. The minimum atomic E-state index is -0.657. The number of ketones is 1. The van der Waals surface area contributed by atoms with Crippen molar-refractivity contribution in [1.29, 1.82) is 0 Å². The van der Waals surface area contributed by atoms with Gasteiger partial charge in [0.1, 0.15) is 5.60 Å². The zero-order valence-electron chi connectivity index (χ0n) is 9.13. The molecule has 3 nitrogen and oxygen atoms in total. The van der Waals surface area contributed by atoms with E-state index in [2.05, 4.69) is 15.9 Å². The van der Waals surface area contributed by atoms with Crippen LogP contribution in [0.2, 0.25) is 0 Å². The van der Waals surface area contributed by atoms with Gasteiger partial charge in [0, 0.05) is 22.3 Å². The molecule has 1 atom stereocenters. The van der Waals surface area contributed by atoms with Gasteiger partial charge in [-0.2, -0.15) is 0 Å². The number of carbonyl (C=O) groups excluding carboxylic acids is 1. The zero-order valence-corrected chi connectivity index (χ0v) is 10.7. The second-order valence-corrected chi connectivity index (χ2v) is 5.10. The number of rotatable bonds is 2. The second-order valence-electron chi connectivity index (χ2n) is 4.25. The summed E-state index contributed by atoms with van der Waals surface area (Å²) in [4.78, 5) is 12.2. The maximum absolute atomic E-state index is 12.2. The fraction of sp³-hybridized carbons (Fsp3) is 0.417. The second kappa shape index (κ2) is 4.18. The van der Waals surface area contributed by atoms with E-state index in [-0.39, 0.29) is 5.78 Å². The third kappa shape index (κ3) is 1.99. The molecule has 0 spiro atoms. The van der Waals surface area contributed by atoms with Crippen molar-refractivity contribution >= 4 is 27.4 Å². The topological polar surface area (TPSA) is 52.3 Å². The lowest BCUT2D eigenvalue weighted by Gasteiger charge is -2.21. The van der Waals surface area contributed by atoms with Crippen molar-refractivity contribution in [3.05, 3.63) is 28.2 Å².